The number of aliphatic carboxylic acids is 1. The molecule has 1 aromatic rings. The van der Waals surface area contributed by atoms with Gasteiger partial charge in [-0.25, -0.2) is 4.79 Å². The highest BCUT2D eigenvalue weighted by atomic mass is 32.2. The van der Waals surface area contributed by atoms with Crippen LogP contribution in [0.1, 0.15) is 18.7 Å². The molecule has 4 N–H and O–H groups in total. The predicted molar refractivity (Wildman–Crippen MR) is 100 cm³/mol. The number of allylic oxidation sites excluding steroid dienone is 1. The standard InChI is InChI=1S/C14H13F3N6O8S2/c1-30-21-7(9-20-13(18)32-22-9)10(24)19-6-4-2-3-5(31-33(28,29)14(15,16)17)8(12(26)27)23(4)11(6)25/h4,6H,2-3H2,1H3,(H,19,24)(H,26,27)(H2,18,20,22). The summed E-state index contributed by atoms with van der Waals surface area (Å²) >= 11 is 0.754. The van der Waals surface area contributed by atoms with Gasteiger partial charge >= 0.3 is 21.6 Å². The van der Waals surface area contributed by atoms with E-state index in [1.165, 1.54) is 0 Å². The fourth-order valence-corrected chi connectivity index (χ4v) is 4.06. The first-order valence-electron chi connectivity index (χ1n) is 8.60. The summed E-state index contributed by atoms with van der Waals surface area (Å²) in [7, 11) is -5.03. The molecule has 1 fully saturated rings. The molecular weight excluding hydrogens is 501 g/mol. The molecule has 3 rings (SSSR count). The van der Waals surface area contributed by atoms with Crippen LogP contribution in [0.5, 0.6) is 0 Å². The number of nitrogens with two attached hydrogens (primary N) is 1. The van der Waals surface area contributed by atoms with Gasteiger partial charge in [-0.15, -0.1) is 0 Å². The smallest absolute Gasteiger partial charge is 0.476 e. The molecule has 14 nitrogen and oxygen atoms in total. The number of alkyl halides is 3. The van der Waals surface area contributed by atoms with E-state index < -0.39 is 69.1 Å². The van der Waals surface area contributed by atoms with Gasteiger partial charge in [0.1, 0.15) is 13.2 Å². The molecule has 2 aliphatic rings. The number of amides is 2. The number of halogens is 3. The van der Waals surface area contributed by atoms with Crippen LogP contribution in [0.4, 0.5) is 18.3 Å². The maximum absolute atomic E-state index is 12.6. The molecule has 1 aromatic heterocycles. The zero-order valence-corrected chi connectivity index (χ0v) is 17.8. The van der Waals surface area contributed by atoms with Crippen LogP contribution in [-0.2, 0) is 33.5 Å². The molecule has 0 radical (unpaired) electrons. The summed E-state index contributed by atoms with van der Waals surface area (Å²) in [4.78, 5) is 45.6. The lowest BCUT2D eigenvalue weighted by Gasteiger charge is -2.49. The lowest BCUT2D eigenvalue weighted by Crippen LogP contribution is -2.72. The molecule has 19 heteroatoms. The fourth-order valence-electron chi connectivity index (χ4n) is 3.11. The number of anilines is 1. The third-order valence-electron chi connectivity index (χ3n) is 4.43. The van der Waals surface area contributed by atoms with Crippen LogP contribution in [0, 0.1) is 0 Å². The van der Waals surface area contributed by atoms with E-state index in [9.17, 15) is 41.1 Å². The lowest BCUT2D eigenvalue weighted by atomic mass is 9.85. The summed E-state index contributed by atoms with van der Waals surface area (Å²) in [5.41, 5.74) is -1.86. The number of fused-ring (bicyclic) bond motifs is 1. The Kier molecular flexibility index (Phi) is 6.20. The van der Waals surface area contributed by atoms with Crippen molar-refractivity contribution in [3.63, 3.8) is 0 Å². The van der Waals surface area contributed by atoms with E-state index in [-0.39, 0.29) is 17.4 Å². The van der Waals surface area contributed by atoms with Crippen LogP contribution in [-0.4, -0.2) is 76.0 Å². The Morgan fingerprint density at radius 2 is 2.06 bits per heavy atom. The van der Waals surface area contributed by atoms with Crippen LogP contribution in [0.25, 0.3) is 0 Å². The van der Waals surface area contributed by atoms with E-state index in [2.05, 4.69) is 28.9 Å². The molecule has 2 amide bonds. The number of hydrogen-bond donors (Lipinski definition) is 3. The van der Waals surface area contributed by atoms with Crippen LogP contribution in [0.15, 0.2) is 16.6 Å². The van der Waals surface area contributed by atoms with Crippen LogP contribution in [0.2, 0.25) is 0 Å². The summed E-state index contributed by atoms with van der Waals surface area (Å²) in [6.07, 6.45) is -0.782. The lowest BCUT2D eigenvalue weighted by molar-refractivity contribution is -0.156. The van der Waals surface area contributed by atoms with E-state index in [1.807, 2.05) is 0 Å². The zero-order chi connectivity index (χ0) is 24.7. The average Bonchev–Trinajstić information content (AvgIpc) is 3.14. The number of nitrogens with one attached hydrogen (secondary N) is 1. The van der Waals surface area contributed by atoms with Crippen LogP contribution in [0.3, 0.4) is 0 Å². The number of oxime groups is 1. The highest BCUT2D eigenvalue weighted by Crippen LogP contribution is 2.39. The number of β-lactam (4-membered cyclic amide) rings is 1. The molecule has 1 saturated heterocycles. The van der Waals surface area contributed by atoms with Gasteiger partial charge in [0.15, 0.2) is 16.6 Å². The first kappa shape index (κ1) is 24.2. The third-order valence-corrected chi connectivity index (χ3v) is 5.96. The first-order valence-corrected chi connectivity index (χ1v) is 10.8. The molecule has 0 aliphatic carbocycles. The number of carboxylic acid groups (broad SMARTS) is 1. The number of aromatic nitrogens is 2. The molecular formula is C14H13F3N6O8S2. The number of nitrogens with zero attached hydrogens (tertiary/aromatic N) is 4. The van der Waals surface area contributed by atoms with Crippen molar-refractivity contribution in [3.8, 4) is 0 Å². The second-order valence-corrected chi connectivity index (χ2v) is 8.73. The van der Waals surface area contributed by atoms with Gasteiger partial charge in [-0.2, -0.15) is 30.9 Å². The van der Waals surface area contributed by atoms with Gasteiger partial charge in [0.25, 0.3) is 11.8 Å². The van der Waals surface area contributed by atoms with Crippen molar-refractivity contribution in [2.75, 3.05) is 12.8 Å². The monoisotopic (exact) mass is 514 g/mol. The number of rotatable bonds is 7. The number of carbonyl (C=O) groups excluding carboxylic acids is 2. The summed E-state index contributed by atoms with van der Waals surface area (Å²) < 4.78 is 68.2. The Hall–Kier alpha value is -3.48. The largest absolute Gasteiger partial charge is 0.534 e. The fraction of sp³-hybridized carbons (Fsp3) is 0.429. The molecule has 0 aromatic carbocycles. The summed E-state index contributed by atoms with van der Waals surface area (Å²) in [5.74, 6) is -5.16. The minimum absolute atomic E-state index is 0.0114. The average molecular weight is 514 g/mol. The van der Waals surface area contributed by atoms with Gasteiger partial charge < -0.3 is 25.2 Å². The number of hydrogen-bond acceptors (Lipinski definition) is 12. The Labute approximate surface area is 186 Å². The summed E-state index contributed by atoms with van der Waals surface area (Å²) in [6.45, 7) is 0. The van der Waals surface area contributed by atoms with Crippen molar-refractivity contribution in [3.05, 3.63) is 17.3 Å². The van der Waals surface area contributed by atoms with Gasteiger partial charge in [0.05, 0.1) is 6.04 Å². The van der Waals surface area contributed by atoms with Crippen LogP contribution >= 0.6 is 11.5 Å². The highest BCUT2D eigenvalue weighted by molar-refractivity contribution is 7.87. The molecule has 3 heterocycles. The quantitative estimate of drug-likeness (QED) is 0.134. The normalized spacial score (nSPS) is 21.3. The zero-order valence-electron chi connectivity index (χ0n) is 16.2. The first-order chi connectivity index (χ1) is 15.3. The molecule has 2 aliphatic heterocycles. The second kappa shape index (κ2) is 8.46. The Balaban J connectivity index is 1.83. The highest BCUT2D eigenvalue weighted by Gasteiger charge is 2.56. The van der Waals surface area contributed by atoms with E-state index in [0.717, 1.165) is 18.6 Å². The van der Waals surface area contributed by atoms with E-state index in [0.29, 0.717) is 4.90 Å². The van der Waals surface area contributed by atoms with Crippen molar-refractivity contribution in [2.24, 2.45) is 5.16 Å². The molecule has 2 atom stereocenters. The molecule has 0 saturated carbocycles. The van der Waals surface area contributed by atoms with E-state index in [4.69, 9.17) is 5.73 Å². The Morgan fingerprint density at radius 1 is 1.39 bits per heavy atom. The minimum Gasteiger partial charge on any atom is -0.476 e. The van der Waals surface area contributed by atoms with Crippen LogP contribution < -0.4 is 11.1 Å². The number of nitrogen functional groups attached to an aromatic ring is 1. The van der Waals surface area contributed by atoms with Gasteiger partial charge in [0, 0.05) is 18.0 Å². The van der Waals surface area contributed by atoms with Gasteiger partial charge in [-0.3, -0.25) is 14.5 Å². The SMILES string of the molecule is CON=C(C(=O)NC1C(=O)N2C(C(=O)O)=C(OS(=O)(=O)C(F)(F)F)CCC12)c1nsc(N)n1. The second-order valence-electron chi connectivity index (χ2n) is 6.40. The maximum atomic E-state index is 12.6. The number of carboxylic acids is 1. The number of carbonyl (C=O) groups is 3. The van der Waals surface area contributed by atoms with E-state index >= 15 is 0 Å². The maximum Gasteiger partial charge on any atom is 0.534 e. The van der Waals surface area contributed by atoms with Gasteiger partial charge in [-0.1, -0.05) is 5.16 Å². The Bertz CT molecular complexity index is 1180. The Morgan fingerprint density at radius 3 is 2.58 bits per heavy atom. The van der Waals surface area contributed by atoms with Gasteiger partial charge in [0.2, 0.25) is 11.5 Å². The van der Waals surface area contributed by atoms with Crippen molar-refractivity contribution < 1.29 is 50.1 Å². The molecule has 0 bridgehead atoms. The molecule has 180 valence electrons. The van der Waals surface area contributed by atoms with Gasteiger partial charge in [-0.05, 0) is 6.42 Å². The third kappa shape index (κ3) is 4.40. The van der Waals surface area contributed by atoms with Crippen molar-refractivity contribution in [2.45, 2.75) is 30.4 Å². The minimum atomic E-state index is -6.16. The van der Waals surface area contributed by atoms with Crippen molar-refractivity contribution in [1.29, 1.82) is 0 Å². The van der Waals surface area contributed by atoms with Crippen molar-refractivity contribution in [1.82, 2.24) is 19.6 Å². The summed E-state index contributed by atoms with van der Waals surface area (Å²) in [5, 5.41) is 15.1. The van der Waals surface area contributed by atoms with Crippen molar-refractivity contribution >= 4 is 50.3 Å². The predicted octanol–water partition coefficient (Wildman–Crippen LogP) is -0.877. The molecule has 33 heavy (non-hydrogen) atoms. The molecule has 2 unspecified atom stereocenters. The summed E-state index contributed by atoms with van der Waals surface area (Å²) in [6, 6.07) is -2.31. The topological polar surface area (TPSA) is 203 Å². The van der Waals surface area contributed by atoms with E-state index in [1.54, 1.807) is 0 Å². The molecule has 0 spiro atoms.